The Balaban J connectivity index is 1.67. The Kier molecular flexibility index (Phi) is 5.26. The van der Waals surface area contributed by atoms with E-state index >= 15 is 0 Å². The Morgan fingerprint density at radius 3 is 2.88 bits per heavy atom. The molecule has 0 atom stereocenters. The maximum atomic E-state index is 10.9. The number of nitrogens with zero attached hydrogens (tertiary/aromatic N) is 3. The predicted molar refractivity (Wildman–Crippen MR) is 97.5 cm³/mol. The lowest BCUT2D eigenvalue weighted by atomic mass is 10.1. The molecule has 128 valence electrons. The SMILES string of the molecule is O=[N+]([O-])C=C(NCCCn1ccnc1)Nc1cccc2ccccc12. The van der Waals surface area contributed by atoms with Crippen LogP contribution in [0.4, 0.5) is 5.69 Å². The first-order valence-electron chi connectivity index (χ1n) is 8.02. The summed E-state index contributed by atoms with van der Waals surface area (Å²) in [7, 11) is 0. The molecular weight excluding hydrogens is 318 g/mol. The molecule has 0 amide bonds. The summed E-state index contributed by atoms with van der Waals surface area (Å²) in [6, 6.07) is 13.8. The normalized spacial score (nSPS) is 11.4. The molecule has 0 saturated heterocycles. The summed E-state index contributed by atoms with van der Waals surface area (Å²) >= 11 is 0. The predicted octanol–water partition coefficient (Wildman–Crippen LogP) is 3.20. The third-order valence-electron chi connectivity index (χ3n) is 3.76. The standard InChI is InChI=1S/C18H19N5O2/c24-23(25)13-18(20-9-4-11-22-12-10-19-14-22)21-17-8-3-6-15-5-1-2-7-16(15)17/h1-3,5-8,10,12-14,20-21H,4,9,11H2. The smallest absolute Gasteiger partial charge is 0.274 e. The topological polar surface area (TPSA) is 85.0 Å². The van der Waals surface area contributed by atoms with Crippen molar-refractivity contribution >= 4 is 16.5 Å². The first kappa shape index (κ1) is 16.5. The molecule has 2 aromatic carbocycles. The van der Waals surface area contributed by atoms with Gasteiger partial charge in [-0.05, 0) is 17.9 Å². The number of nitro groups is 1. The molecule has 7 nitrogen and oxygen atoms in total. The number of aromatic nitrogens is 2. The second-order valence-corrected chi connectivity index (χ2v) is 5.56. The molecule has 2 N–H and O–H groups in total. The monoisotopic (exact) mass is 337 g/mol. The van der Waals surface area contributed by atoms with Crippen molar-refractivity contribution < 1.29 is 4.92 Å². The molecule has 1 aromatic heterocycles. The zero-order valence-corrected chi connectivity index (χ0v) is 13.6. The average Bonchev–Trinajstić information content (AvgIpc) is 3.12. The van der Waals surface area contributed by atoms with Gasteiger partial charge in [0.15, 0.2) is 5.82 Å². The largest absolute Gasteiger partial charge is 0.366 e. The van der Waals surface area contributed by atoms with Crippen molar-refractivity contribution in [1.29, 1.82) is 0 Å². The third kappa shape index (κ3) is 4.57. The Morgan fingerprint density at radius 1 is 1.24 bits per heavy atom. The van der Waals surface area contributed by atoms with Crippen molar-refractivity contribution in [3.05, 3.63) is 83.3 Å². The number of imidazole rings is 1. The van der Waals surface area contributed by atoms with E-state index in [1.807, 2.05) is 53.2 Å². The van der Waals surface area contributed by atoms with Crippen LogP contribution in [0.1, 0.15) is 6.42 Å². The van der Waals surface area contributed by atoms with E-state index in [0.717, 1.165) is 35.6 Å². The minimum atomic E-state index is -0.462. The van der Waals surface area contributed by atoms with Crippen molar-refractivity contribution in [2.24, 2.45) is 0 Å². The van der Waals surface area contributed by atoms with E-state index in [2.05, 4.69) is 15.6 Å². The van der Waals surface area contributed by atoms with Gasteiger partial charge in [-0.2, -0.15) is 0 Å². The van der Waals surface area contributed by atoms with Crippen LogP contribution in [0.5, 0.6) is 0 Å². The lowest BCUT2D eigenvalue weighted by Crippen LogP contribution is -2.23. The lowest BCUT2D eigenvalue weighted by molar-refractivity contribution is -0.403. The average molecular weight is 337 g/mol. The van der Waals surface area contributed by atoms with Gasteiger partial charge in [-0.3, -0.25) is 10.1 Å². The Hall–Kier alpha value is -3.35. The molecule has 0 saturated carbocycles. The van der Waals surface area contributed by atoms with E-state index in [0.29, 0.717) is 12.4 Å². The minimum Gasteiger partial charge on any atom is -0.366 e. The maximum Gasteiger partial charge on any atom is 0.274 e. The van der Waals surface area contributed by atoms with Crippen LogP contribution in [0.15, 0.2) is 73.2 Å². The maximum absolute atomic E-state index is 10.9. The number of hydrogen-bond donors (Lipinski definition) is 2. The summed E-state index contributed by atoms with van der Waals surface area (Å²) < 4.78 is 1.97. The van der Waals surface area contributed by atoms with Crippen LogP contribution < -0.4 is 10.6 Å². The Bertz CT molecular complexity index is 869. The second-order valence-electron chi connectivity index (χ2n) is 5.56. The molecule has 0 unspecified atom stereocenters. The molecule has 7 heteroatoms. The van der Waals surface area contributed by atoms with Crippen LogP contribution in [0.2, 0.25) is 0 Å². The minimum absolute atomic E-state index is 0.368. The molecule has 0 spiro atoms. The highest BCUT2D eigenvalue weighted by Crippen LogP contribution is 2.23. The van der Waals surface area contributed by atoms with E-state index in [4.69, 9.17) is 0 Å². The van der Waals surface area contributed by atoms with Gasteiger partial charge in [-0.25, -0.2) is 4.98 Å². The highest BCUT2D eigenvalue weighted by Gasteiger charge is 2.06. The summed E-state index contributed by atoms with van der Waals surface area (Å²) in [5.74, 6) is 0.368. The summed E-state index contributed by atoms with van der Waals surface area (Å²) in [4.78, 5) is 14.4. The fourth-order valence-corrected chi connectivity index (χ4v) is 2.61. The van der Waals surface area contributed by atoms with Crippen LogP contribution >= 0.6 is 0 Å². The van der Waals surface area contributed by atoms with Gasteiger partial charge in [0.25, 0.3) is 6.20 Å². The molecule has 0 bridgehead atoms. The van der Waals surface area contributed by atoms with Gasteiger partial charge < -0.3 is 15.2 Å². The van der Waals surface area contributed by atoms with Crippen LogP contribution in [0, 0.1) is 10.1 Å². The second kappa shape index (κ2) is 7.96. The van der Waals surface area contributed by atoms with Crippen LogP contribution in [-0.4, -0.2) is 21.0 Å². The molecule has 3 aromatic rings. The van der Waals surface area contributed by atoms with Gasteiger partial charge in [0.1, 0.15) is 0 Å². The Labute approximate surface area is 145 Å². The van der Waals surface area contributed by atoms with Crippen LogP contribution in [0.25, 0.3) is 10.8 Å². The van der Waals surface area contributed by atoms with Gasteiger partial charge in [0.05, 0.1) is 11.3 Å². The van der Waals surface area contributed by atoms with Gasteiger partial charge in [0.2, 0.25) is 0 Å². The quantitative estimate of drug-likeness (QED) is 0.374. The van der Waals surface area contributed by atoms with Crippen molar-refractivity contribution in [3.63, 3.8) is 0 Å². The summed E-state index contributed by atoms with van der Waals surface area (Å²) in [5.41, 5.74) is 0.827. The molecule has 0 aliphatic rings. The summed E-state index contributed by atoms with van der Waals surface area (Å²) in [5, 5.41) is 19.2. The molecular formula is C18H19N5O2. The van der Waals surface area contributed by atoms with E-state index in [1.54, 1.807) is 12.5 Å². The molecule has 25 heavy (non-hydrogen) atoms. The number of rotatable bonds is 8. The number of benzene rings is 2. The third-order valence-corrected chi connectivity index (χ3v) is 3.76. The van der Waals surface area contributed by atoms with Gasteiger partial charge >= 0.3 is 0 Å². The molecule has 1 heterocycles. The van der Waals surface area contributed by atoms with Gasteiger partial charge in [0, 0.05) is 36.6 Å². The first-order chi connectivity index (χ1) is 12.2. The first-order valence-corrected chi connectivity index (χ1v) is 8.02. The number of nitrogens with one attached hydrogen (secondary N) is 2. The highest BCUT2D eigenvalue weighted by molar-refractivity contribution is 5.94. The van der Waals surface area contributed by atoms with Gasteiger partial charge in [-0.15, -0.1) is 0 Å². The summed E-state index contributed by atoms with van der Waals surface area (Å²) in [6.45, 7) is 1.41. The van der Waals surface area contributed by atoms with Crippen molar-refractivity contribution in [1.82, 2.24) is 14.9 Å². The molecule has 0 aliphatic carbocycles. The van der Waals surface area contributed by atoms with Crippen LogP contribution in [0.3, 0.4) is 0 Å². The fraction of sp³-hybridized carbons (Fsp3) is 0.167. The zero-order valence-electron chi connectivity index (χ0n) is 13.6. The number of aryl methyl sites for hydroxylation is 1. The number of fused-ring (bicyclic) bond motifs is 1. The zero-order chi connectivity index (χ0) is 17.5. The van der Waals surface area contributed by atoms with E-state index in [-0.39, 0.29) is 0 Å². The van der Waals surface area contributed by atoms with Crippen molar-refractivity contribution in [3.8, 4) is 0 Å². The lowest BCUT2D eigenvalue weighted by Gasteiger charge is -2.13. The number of hydrogen-bond acceptors (Lipinski definition) is 5. The Morgan fingerprint density at radius 2 is 2.08 bits per heavy atom. The fourth-order valence-electron chi connectivity index (χ4n) is 2.61. The van der Waals surface area contributed by atoms with Crippen molar-refractivity contribution in [2.45, 2.75) is 13.0 Å². The van der Waals surface area contributed by atoms with E-state index in [1.165, 1.54) is 0 Å². The van der Waals surface area contributed by atoms with E-state index in [9.17, 15) is 10.1 Å². The molecule has 0 radical (unpaired) electrons. The van der Waals surface area contributed by atoms with Crippen LogP contribution in [-0.2, 0) is 6.54 Å². The van der Waals surface area contributed by atoms with Gasteiger partial charge in [-0.1, -0.05) is 36.4 Å². The molecule has 0 aliphatic heterocycles. The molecule has 0 fully saturated rings. The highest BCUT2D eigenvalue weighted by atomic mass is 16.6. The molecule has 3 rings (SSSR count). The summed E-state index contributed by atoms with van der Waals surface area (Å²) in [6.07, 6.45) is 7.15. The van der Waals surface area contributed by atoms with Crippen molar-refractivity contribution in [2.75, 3.05) is 11.9 Å². The van der Waals surface area contributed by atoms with E-state index < -0.39 is 4.92 Å². The number of anilines is 1.